The molecule has 0 aliphatic heterocycles. The summed E-state index contributed by atoms with van der Waals surface area (Å²) in [6, 6.07) is 3.90. The number of thiazole rings is 1. The van der Waals surface area contributed by atoms with E-state index in [0.717, 1.165) is 39.7 Å². The lowest BCUT2D eigenvalue weighted by atomic mass is 10.0. The number of nitrogens with zero attached hydrogens (tertiary/aromatic N) is 1. The van der Waals surface area contributed by atoms with Gasteiger partial charge in [-0.25, -0.2) is 4.98 Å². The van der Waals surface area contributed by atoms with E-state index in [0.29, 0.717) is 0 Å². The van der Waals surface area contributed by atoms with Gasteiger partial charge < -0.3 is 9.47 Å². The molecule has 96 valence electrons. The van der Waals surface area contributed by atoms with Gasteiger partial charge in [-0.15, -0.1) is 11.3 Å². The third kappa shape index (κ3) is 2.34. The minimum Gasteiger partial charge on any atom is -0.497 e. The summed E-state index contributed by atoms with van der Waals surface area (Å²) in [6.07, 6.45) is 0.961. The summed E-state index contributed by atoms with van der Waals surface area (Å²) in [6.45, 7) is 4.16. The average molecular weight is 263 g/mol. The highest BCUT2D eigenvalue weighted by molar-refractivity contribution is 7.09. The summed E-state index contributed by atoms with van der Waals surface area (Å²) in [7, 11) is 3.33. The molecule has 0 unspecified atom stereocenters. The normalized spacial score (nSPS) is 10.4. The Morgan fingerprint density at radius 1 is 1.22 bits per heavy atom. The minimum absolute atomic E-state index is 0.805. The fourth-order valence-electron chi connectivity index (χ4n) is 1.92. The number of methoxy groups -OCH3 is 2. The first-order valence-electron chi connectivity index (χ1n) is 5.87. The van der Waals surface area contributed by atoms with Crippen LogP contribution in [0.3, 0.4) is 0 Å². The molecule has 1 heterocycles. The SMILES string of the molecule is CCc1nc(-c2c(C)cc(OC)cc2OC)cs1. The van der Waals surface area contributed by atoms with Crippen LogP contribution in [-0.4, -0.2) is 19.2 Å². The van der Waals surface area contributed by atoms with Gasteiger partial charge in [0.05, 0.1) is 24.9 Å². The molecule has 0 saturated carbocycles. The van der Waals surface area contributed by atoms with Crippen molar-refractivity contribution in [3.05, 3.63) is 28.1 Å². The smallest absolute Gasteiger partial charge is 0.132 e. The number of rotatable bonds is 4. The highest BCUT2D eigenvalue weighted by atomic mass is 32.1. The van der Waals surface area contributed by atoms with Crippen molar-refractivity contribution in [2.75, 3.05) is 14.2 Å². The summed E-state index contributed by atoms with van der Waals surface area (Å²) < 4.78 is 10.7. The van der Waals surface area contributed by atoms with Crippen molar-refractivity contribution in [3.8, 4) is 22.8 Å². The molecular formula is C14H17NO2S. The van der Waals surface area contributed by atoms with Crippen molar-refractivity contribution in [2.24, 2.45) is 0 Å². The van der Waals surface area contributed by atoms with Crippen molar-refractivity contribution in [1.82, 2.24) is 4.98 Å². The monoisotopic (exact) mass is 263 g/mol. The van der Waals surface area contributed by atoms with Crippen LogP contribution in [0.5, 0.6) is 11.5 Å². The molecule has 0 N–H and O–H groups in total. The summed E-state index contributed by atoms with van der Waals surface area (Å²) >= 11 is 1.68. The molecular weight excluding hydrogens is 246 g/mol. The fraction of sp³-hybridized carbons (Fsp3) is 0.357. The molecule has 0 atom stereocenters. The predicted octanol–water partition coefficient (Wildman–Crippen LogP) is 3.70. The topological polar surface area (TPSA) is 31.4 Å². The van der Waals surface area contributed by atoms with Gasteiger partial charge in [0, 0.05) is 17.0 Å². The molecule has 1 aromatic heterocycles. The van der Waals surface area contributed by atoms with Crippen molar-refractivity contribution in [1.29, 1.82) is 0 Å². The molecule has 4 heteroatoms. The second-order valence-corrected chi connectivity index (χ2v) is 4.94. The van der Waals surface area contributed by atoms with Gasteiger partial charge in [0.2, 0.25) is 0 Å². The summed E-state index contributed by atoms with van der Waals surface area (Å²) in [5.41, 5.74) is 3.14. The van der Waals surface area contributed by atoms with Crippen LogP contribution in [-0.2, 0) is 6.42 Å². The molecule has 0 amide bonds. The van der Waals surface area contributed by atoms with Gasteiger partial charge in [0.1, 0.15) is 11.5 Å². The van der Waals surface area contributed by atoms with Gasteiger partial charge in [-0.2, -0.15) is 0 Å². The number of ether oxygens (including phenoxy) is 2. The van der Waals surface area contributed by atoms with Crippen molar-refractivity contribution < 1.29 is 9.47 Å². The van der Waals surface area contributed by atoms with Crippen LogP contribution >= 0.6 is 11.3 Å². The maximum atomic E-state index is 5.45. The van der Waals surface area contributed by atoms with E-state index in [1.54, 1.807) is 25.6 Å². The van der Waals surface area contributed by atoms with Crippen LogP contribution in [0.4, 0.5) is 0 Å². The molecule has 0 saturated heterocycles. The Kier molecular flexibility index (Phi) is 3.87. The maximum Gasteiger partial charge on any atom is 0.132 e. The molecule has 0 radical (unpaired) electrons. The summed E-state index contributed by atoms with van der Waals surface area (Å²) in [4.78, 5) is 4.62. The first-order chi connectivity index (χ1) is 8.69. The molecule has 1 aromatic carbocycles. The molecule has 0 bridgehead atoms. The highest BCUT2D eigenvalue weighted by Gasteiger charge is 2.14. The van der Waals surface area contributed by atoms with E-state index in [1.807, 2.05) is 19.1 Å². The minimum atomic E-state index is 0.805. The van der Waals surface area contributed by atoms with Gasteiger partial charge >= 0.3 is 0 Å². The van der Waals surface area contributed by atoms with E-state index in [-0.39, 0.29) is 0 Å². The lowest BCUT2D eigenvalue weighted by molar-refractivity contribution is 0.395. The molecule has 2 rings (SSSR count). The van der Waals surface area contributed by atoms with Gasteiger partial charge in [0.15, 0.2) is 0 Å². The van der Waals surface area contributed by atoms with E-state index >= 15 is 0 Å². The molecule has 0 fully saturated rings. The fourth-order valence-corrected chi connectivity index (χ4v) is 2.65. The van der Waals surface area contributed by atoms with Crippen molar-refractivity contribution >= 4 is 11.3 Å². The summed E-state index contributed by atoms with van der Waals surface area (Å²) in [5.74, 6) is 1.61. The van der Waals surface area contributed by atoms with E-state index in [4.69, 9.17) is 9.47 Å². The Labute approximate surface area is 111 Å². The number of benzene rings is 1. The maximum absolute atomic E-state index is 5.45. The number of hydrogen-bond acceptors (Lipinski definition) is 4. The number of aromatic nitrogens is 1. The first-order valence-corrected chi connectivity index (χ1v) is 6.75. The van der Waals surface area contributed by atoms with Crippen molar-refractivity contribution in [3.63, 3.8) is 0 Å². The lowest BCUT2D eigenvalue weighted by Gasteiger charge is -2.12. The third-order valence-electron chi connectivity index (χ3n) is 2.84. The zero-order valence-corrected chi connectivity index (χ0v) is 11.9. The molecule has 0 aliphatic carbocycles. The second kappa shape index (κ2) is 5.40. The molecule has 2 aromatic rings. The Bertz CT molecular complexity index is 549. The van der Waals surface area contributed by atoms with E-state index in [1.165, 1.54) is 0 Å². The summed E-state index contributed by atoms with van der Waals surface area (Å²) in [5, 5.41) is 3.22. The van der Waals surface area contributed by atoms with Gasteiger partial charge in [-0.05, 0) is 25.0 Å². The van der Waals surface area contributed by atoms with Crippen LogP contribution in [0.15, 0.2) is 17.5 Å². The number of hydrogen-bond donors (Lipinski definition) is 0. The average Bonchev–Trinajstić information content (AvgIpc) is 2.85. The van der Waals surface area contributed by atoms with E-state index in [2.05, 4.69) is 17.3 Å². The Balaban J connectivity index is 2.55. The van der Waals surface area contributed by atoms with Crippen molar-refractivity contribution in [2.45, 2.75) is 20.3 Å². The predicted molar refractivity (Wildman–Crippen MR) is 74.8 cm³/mol. The van der Waals surface area contributed by atoms with Crippen LogP contribution in [0, 0.1) is 6.92 Å². The Morgan fingerprint density at radius 2 is 2.00 bits per heavy atom. The molecule has 3 nitrogen and oxygen atoms in total. The third-order valence-corrected chi connectivity index (χ3v) is 3.83. The largest absolute Gasteiger partial charge is 0.497 e. The Hall–Kier alpha value is -1.55. The standard InChI is InChI=1S/C14H17NO2S/c1-5-13-15-11(8-18-13)14-9(2)6-10(16-3)7-12(14)17-4/h6-8H,5H2,1-4H3. The quantitative estimate of drug-likeness (QED) is 0.843. The highest BCUT2D eigenvalue weighted by Crippen LogP contribution is 2.37. The first kappa shape index (κ1) is 12.9. The van der Waals surface area contributed by atoms with E-state index in [9.17, 15) is 0 Å². The zero-order chi connectivity index (χ0) is 13.1. The van der Waals surface area contributed by atoms with Crippen LogP contribution < -0.4 is 9.47 Å². The molecule has 18 heavy (non-hydrogen) atoms. The van der Waals surface area contributed by atoms with Gasteiger partial charge in [-0.1, -0.05) is 6.92 Å². The van der Waals surface area contributed by atoms with E-state index < -0.39 is 0 Å². The van der Waals surface area contributed by atoms with Crippen LogP contribution in [0.25, 0.3) is 11.3 Å². The lowest BCUT2D eigenvalue weighted by Crippen LogP contribution is -1.94. The van der Waals surface area contributed by atoms with Gasteiger partial charge in [-0.3, -0.25) is 0 Å². The zero-order valence-electron chi connectivity index (χ0n) is 11.1. The van der Waals surface area contributed by atoms with Crippen LogP contribution in [0.2, 0.25) is 0 Å². The van der Waals surface area contributed by atoms with Gasteiger partial charge in [0.25, 0.3) is 0 Å². The molecule has 0 spiro atoms. The molecule has 0 aliphatic rings. The second-order valence-electron chi connectivity index (χ2n) is 4.00. The number of aryl methyl sites for hydroxylation is 2. The van der Waals surface area contributed by atoms with Crippen LogP contribution in [0.1, 0.15) is 17.5 Å². The Morgan fingerprint density at radius 3 is 2.56 bits per heavy atom.